The third-order valence-electron chi connectivity index (χ3n) is 4.26. The zero-order valence-corrected chi connectivity index (χ0v) is 13.1. The van der Waals surface area contributed by atoms with Crippen LogP contribution in [0.25, 0.3) is 0 Å². The molecule has 1 fully saturated rings. The van der Waals surface area contributed by atoms with Crippen LogP contribution < -0.4 is 5.32 Å². The molecule has 2 atom stereocenters. The van der Waals surface area contributed by atoms with Gasteiger partial charge in [-0.25, -0.2) is 0 Å². The van der Waals surface area contributed by atoms with E-state index in [9.17, 15) is 4.79 Å². The van der Waals surface area contributed by atoms with E-state index in [0.29, 0.717) is 6.54 Å². The molecule has 0 saturated carbocycles. The van der Waals surface area contributed by atoms with Crippen molar-refractivity contribution in [3.05, 3.63) is 35.9 Å². The summed E-state index contributed by atoms with van der Waals surface area (Å²) in [4.78, 5) is 16.6. The average molecular weight is 275 g/mol. The molecule has 4 heteroatoms. The van der Waals surface area contributed by atoms with Crippen molar-refractivity contribution in [3.63, 3.8) is 0 Å². The standard InChI is InChI=1S/C16H25N3O/c1-12-15(20)19(11-16(2,3)18(4)5)14(17-12)13-9-7-6-8-10-13/h6-10,12,14,17H,11H2,1-5H3. The van der Waals surface area contributed by atoms with E-state index in [0.717, 1.165) is 5.56 Å². The summed E-state index contributed by atoms with van der Waals surface area (Å²) in [7, 11) is 4.10. The van der Waals surface area contributed by atoms with Gasteiger partial charge in [0, 0.05) is 12.1 Å². The minimum absolute atomic E-state index is 0.0297. The number of likely N-dealkylation sites (N-methyl/N-ethyl adjacent to an activating group) is 1. The molecule has 0 radical (unpaired) electrons. The molecule has 1 N–H and O–H groups in total. The van der Waals surface area contributed by atoms with Crippen LogP contribution in [0.3, 0.4) is 0 Å². The Labute approximate surface area is 121 Å². The van der Waals surface area contributed by atoms with Crippen LogP contribution in [0, 0.1) is 0 Å². The fourth-order valence-corrected chi connectivity index (χ4v) is 2.41. The largest absolute Gasteiger partial charge is 0.320 e. The van der Waals surface area contributed by atoms with E-state index in [1.165, 1.54) is 0 Å². The lowest BCUT2D eigenvalue weighted by Gasteiger charge is -2.38. The number of hydrogen-bond acceptors (Lipinski definition) is 3. The molecule has 1 aliphatic heterocycles. The van der Waals surface area contributed by atoms with Gasteiger partial charge in [-0.1, -0.05) is 30.3 Å². The zero-order valence-electron chi connectivity index (χ0n) is 13.1. The maximum Gasteiger partial charge on any atom is 0.241 e. The van der Waals surface area contributed by atoms with Gasteiger partial charge in [-0.3, -0.25) is 10.1 Å². The second-order valence-electron chi connectivity index (χ2n) is 6.37. The van der Waals surface area contributed by atoms with Crippen molar-refractivity contribution in [2.24, 2.45) is 0 Å². The van der Waals surface area contributed by atoms with E-state index in [1.807, 2.05) is 30.0 Å². The number of nitrogens with zero attached hydrogens (tertiary/aromatic N) is 2. The third-order valence-corrected chi connectivity index (χ3v) is 4.26. The number of hydrogen-bond donors (Lipinski definition) is 1. The zero-order chi connectivity index (χ0) is 14.9. The van der Waals surface area contributed by atoms with E-state index in [1.54, 1.807) is 0 Å². The Morgan fingerprint density at radius 2 is 1.85 bits per heavy atom. The number of amides is 1. The number of carbonyl (C=O) groups excluding carboxylic acids is 1. The van der Waals surface area contributed by atoms with E-state index >= 15 is 0 Å². The van der Waals surface area contributed by atoms with Gasteiger partial charge >= 0.3 is 0 Å². The van der Waals surface area contributed by atoms with Crippen molar-refractivity contribution in [2.75, 3.05) is 20.6 Å². The molecule has 1 saturated heterocycles. The summed E-state index contributed by atoms with van der Waals surface area (Å²) in [5, 5.41) is 3.39. The van der Waals surface area contributed by atoms with E-state index in [-0.39, 0.29) is 23.7 Å². The maximum atomic E-state index is 12.4. The van der Waals surface area contributed by atoms with Gasteiger partial charge in [0.1, 0.15) is 6.17 Å². The van der Waals surface area contributed by atoms with Gasteiger partial charge in [-0.2, -0.15) is 0 Å². The summed E-state index contributed by atoms with van der Waals surface area (Å²) < 4.78 is 0. The molecular weight excluding hydrogens is 250 g/mol. The molecule has 1 heterocycles. The van der Waals surface area contributed by atoms with Gasteiger partial charge < -0.3 is 9.80 Å². The van der Waals surface area contributed by atoms with E-state index in [2.05, 4.69) is 50.3 Å². The Balaban J connectivity index is 2.25. The first-order valence-corrected chi connectivity index (χ1v) is 7.12. The van der Waals surface area contributed by atoms with Crippen LogP contribution in [0.15, 0.2) is 30.3 Å². The summed E-state index contributed by atoms with van der Waals surface area (Å²) in [6.45, 7) is 6.95. The minimum atomic E-state index is -0.127. The molecule has 1 aromatic rings. The molecule has 0 bridgehead atoms. The topological polar surface area (TPSA) is 35.6 Å². The van der Waals surface area contributed by atoms with E-state index < -0.39 is 0 Å². The highest BCUT2D eigenvalue weighted by atomic mass is 16.2. The van der Waals surface area contributed by atoms with Crippen LogP contribution in [0.4, 0.5) is 0 Å². The quantitative estimate of drug-likeness (QED) is 0.911. The summed E-state index contributed by atoms with van der Waals surface area (Å²) in [6.07, 6.45) is -0.0297. The SMILES string of the molecule is CC1NC(c2ccccc2)N(CC(C)(C)N(C)C)C1=O. The number of rotatable bonds is 4. The molecule has 2 unspecified atom stereocenters. The second kappa shape index (κ2) is 5.54. The van der Waals surface area contributed by atoms with Gasteiger partial charge in [-0.05, 0) is 40.4 Å². The lowest BCUT2D eigenvalue weighted by molar-refractivity contribution is -0.131. The fourth-order valence-electron chi connectivity index (χ4n) is 2.41. The van der Waals surface area contributed by atoms with Crippen molar-refractivity contribution in [1.82, 2.24) is 15.1 Å². The fraction of sp³-hybridized carbons (Fsp3) is 0.562. The third kappa shape index (κ3) is 2.86. The van der Waals surface area contributed by atoms with Gasteiger partial charge in [0.2, 0.25) is 5.91 Å². The van der Waals surface area contributed by atoms with Crippen molar-refractivity contribution >= 4 is 5.91 Å². The van der Waals surface area contributed by atoms with Crippen molar-refractivity contribution in [3.8, 4) is 0 Å². The van der Waals surface area contributed by atoms with Crippen molar-refractivity contribution < 1.29 is 4.79 Å². The normalized spacial score (nSPS) is 23.7. The first-order valence-electron chi connectivity index (χ1n) is 7.12. The van der Waals surface area contributed by atoms with E-state index in [4.69, 9.17) is 0 Å². The lowest BCUT2D eigenvalue weighted by Crippen LogP contribution is -2.49. The summed E-state index contributed by atoms with van der Waals surface area (Å²) in [6, 6.07) is 10.0. The molecule has 1 aliphatic rings. The molecule has 110 valence electrons. The van der Waals surface area contributed by atoms with Gasteiger partial charge in [0.15, 0.2) is 0 Å². The Kier molecular flexibility index (Phi) is 4.16. The Bertz CT molecular complexity index is 470. The predicted octanol–water partition coefficient (Wildman–Crippen LogP) is 1.85. The number of carbonyl (C=O) groups is 1. The molecule has 0 aliphatic carbocycles. The van der Waals surface area contributed by atoms with Crippen LogP contribution in [0.5, 0.6) is 0 Å². The monoisotopic (exact) mass is 275 g/mol. The maximum absolute atomic E-state index is 12.4. The summed E-state index contributed by atoms with van der Waals surface area (Å²) in [5.74, 6) is 0.175. The Hall–Kier alpha value is -1.39. The highest BCUT2D eigenvalue weighted by molar-refractivity contribution is 5.84. The van der Waals surface area contributed by atoms with Crippen LogP contribution in [-0.4, -0.2) is 47.9 Å². The Morgan fingerprint density at radius 1 is 1.25 bits per heavy atom. The molecule has 4 nitrogen and oxygen atoms in total. The summed E-state index contributed by atoms with van der Waals surface area (Å²) in [5.41, 5.74) is 1.08. The average Bonchev–Trinajstić information content (AvgIpc) is 2.67. The van der Waals surface area contributed by atoms with Gasteiger partial charge in [-0.15, -0.1) is 0 Å². The van der Waals surface area contributed by atoms with Gasteiger partial charge in [0.05, 0.1) is 6.04 Å². The van der Waals surface area contributed by atoms with Crippen LogP contribution in [0.2, 0.25) is 0 Å². The second-order valence-corrected chi connectivity index (χ2v) is 6.37. The predicted molar refractivity (Wildman–Crippen MR) is 81.3 cm³/mol. The highest BCUT2D eigenvalue weighted by Gasteiger charge is 2.40. The van der Waals surface area contributed by atoms with Crippen LogP contribution in [-0.2, 0) is 4.79 Å². The summed E-state index contributed by atoms with van der Waals surface area (Å²) >= 11 is 0. The molecule has 1 amide bonds. The smallest absolute Gasteiger partial charge is 0.241 e. The molecule has 1 aromatic carbocycles. The lowest BCUT2D eigenvalue weighted by atomic mass is 10.0. The molecule has 2 rings (SSSR count). The first kappa shape index (κ1) is 15.0. The molecule has 0 aromatic heterocycles. The number of nitrogens with one attached hydrogen (secondary N) is 1. The van der Waals surface area contributed by atoms with Crippen molar-refractivity contribution in [1.29, 1.82) is 0 Å². The Morgan fingerprint density at radius 3 is 2.40 bits per heavy atom. The molecule has 0 spiro atoms. The van der Waals surface area contributed by atoms with Crippen molar-refractivity contribution in [2.45, 2.75) is 38.5 Å². The molecular formula is C16H25N3O. The van der Waals surface area contributed by atoms with Gasteiger partial charge in [0.25, 0.3) is 0 Å². The van der Waals surface area contributed by atoms with Crippen LogP contribution in [0.1, 0.15) is 32.5 Å². The highest BCUT2D eigenvalue weighted by Crippen LogP contribution is 2.27. The minimum Gasteiger partial charge on any atom is -0.320 e. The number of benzene rings is 1. The van der Waals surface area contributed by atoms with Crippen LogP contribution >= 0.6 is 0 Å². The first-order chi connectivity index (χ1) is 9.33. The molecule has 20 heavy (non-hydrogen) atoms.